The van der Waals surface area contributed by atoms with Gasteiger partial charge >= 0.3 is 0 Å². The fourth-order valence-corrected chi connectivity index (χ4v) is 3.01. The molecule has 3 heterocycles. The van der Waals surface area contributed by atoms with Crippen molar-refractivity contribution in [3.05, 3.63) is 88.9 Å². The van der Waals surface area contributed by atoms with Crippen molar-refractivity contribution in [2.75, 3.05) is 5.43 Å². The zero-order chi connectivity index (χ0) is 19.3. The number of rotatable bonds is 5. The Bertz CT molecular complexity index is 1110. The molecule has 4 rings (SSSR count). The number of halogens is 2. The standard InChI is InChI=1S/C20H14Cl2N6/c21-16-10-18(22)20(24-12-16)26-25-11-15-13-28(17-4-2-1-3-5-17)27-19(15)14-6-8-23-9-7-14/h1-13H,(H,24,26)/b25-11-. The monoisotopic (exact) mass is 408 g/mol. The minimum Gasteiger partial charge on any atom is -0.265 e. The van der Waals surface area contributed by atoms with Crippen molar-refractivity contribution in [2.45, 2.75) is 0 Å². The van der Waals surface area contributed by atoms with Crippen molar-refractivity contribution in [1.82, 2.24) is 19.7 Å². The van der Waals surface area contributed by atoms with E-state index in [1.807, 2.05) is 53.3 Å². The van der Waals surface area contributed by atoms with Gasteiger partial charge in [0.15, 0.2) is 5.82 Å². The number of benzene rings is 1. The Morgan fingerprint density at radius 2 is 1.82 bits per heavy atom. The Hall–Kier alpha value is -3.22. The molecule has 6 nitrogen and oxygen atoms in total. The maximum Gasteiger partial charge on any atom is 0.165 e. The predicted molar refractivity (Wildman–Crippen MR) is 112 cm³/mol. The zero-order valence-corrected chi connectivity index (χ0v) is 16.0. The third kappa shape index (κ3) is 4.03. The van der Waals surface area contributed by atoms with Crippen LogP contribution in [0.3, 0.4) is 0 Å². The second-order valence-corrected chi connectivity index (χ2v) is 6.65. The van der Waals surface area contributed by atoms with Gasteiger partial charge in [-0.1, -0.05) is 41.4 Å². The number of aromatic nitrogens is 4. The quantitative estimate of drug-likeness (QED) is 0.369. The predicted octanol–water partition coefficient (Wildman–Crippen LogP) is 5.08. The maximum atomic E-state index is 6.12. The number of hydrogen-bond donors (Lipinski definition) is 1. The van der Waals surface area contributed by atoms with Gasteiger partial charge in [-0.2, -0.15) is 10.2 Å². The first kappa shape index (κ1) is 18.2. The van der Waals surface area contributed by atoms with Crippen LogP contribution in [0.5, 0.6) is 0 Å². The molecule has 0 aliphatic carbocycles. The zero-order valence-electron chi connectivity index (χ0n) is 14.5. The van der Waals surface area contributed by atoms with Gasteiger partial charge in [-0.25, -0.2) is 9.67 Å². The molecule has 1 aromatic carbocycles. The van der Waals surface area contributed by atoms with E-state index in [0.29, 0.717) is 15.9 Å². The van der Waals surface area contributed by atoms with Crippen molar-refractivity contribution < 1.29 is 0 Å². The molecule has 0 radical (unpaired) electrons. The van der Waals surface area contributed by atoms with Crippen molar-refractivity contribution in [3.8, 4) is 16.9 Å². The number of hydrazone groups is 1. The lowest BCUT2D eigenvalue weighted by Crippen LogP contribution is -1.94. The first-order chi connectivity index (χ1) is 13.7. The Morgan fingerprint density at radius 3 is 2.57 bits per heavy atom. The highest BCUT2D eigenvalue weighted by atomic mass is 35.5. The van der Waals surface area contributed by atoms with Crippen LogP contribution in [-0.4, -0.2) is 26.0 Å². The molecule has 0 saturated carbocycles. The minimum absolute atomic E-state index is 0.388. The van der Waals surface area contributed by atoms with Crippen LogP contribution in [0.15, 0.2) is 78.4 Å². The SMILES string of the molecule is Clc1cnc(N/N=C\c2cn(-c3ccccc3)nc2-c2ccncc2)c(Cl)c1. The Kier molecular flexibility index (Phi) is 5.32. The molecule has 0 saturated heterocycles. The van der Waals surface area contributed by atoms with E-state index in [-0.39, 0.29) is 0 Å². The Balaban J connectivity index is 1.67. The lowest BCUT2D eigenvalue weighted by atomic mass is 10.1. The largest absolute Gasteiger partial charge is 0.265 e. The van der Waals surface area contributed by atoms with Crippen molar-refractivity contribution >= 4 is 35.2 Å². The summed E-state index contributed by atoms with van der Waals surface area (Å²) < 4.78 is 1.81. The molecule has 8 heteroatoms. The lowest BCUT2D eigenvalue weighted by molar-refractivity contribution is 0.884. The topological polar surface area (TPSA) is 68.0 Å². The molecule has 0 aliphatic heterocycles. The maximum absolute atomic E-state index is 6.12. The Morgan fingerprint density at radius 1 is 1.04 bits per heavy atom. The lowest BCUT2D eigenvalue weighted by Gasteiger charge is -2.02. The molecule has 0 unspecified atom stereocenters. The van der Waals surface area contributed by atoms with E-state index in [0.717, 1.165) is 22.5 Å². The van der Waals surface area contributed by atoms with Gasteiger partial charge in [0.05, 0.1) is 21.9 Å². The fraction of sp³-hybridized carbons (Fsp3) is 0. The number of anilines is 1. The number of hydrogen-bond acceptors (Lipinski definition) is 5. The molecule has 0 aliphatic rings. The van der Waals surface area contributed by atoms with Crippen LogP contribution in [0.4, 0.5) is 5.82 Å². The van der Waals surface area contributed by atoms with E-state index in [1.54, 1.807) is 24.7 Å². The van der Waals surface area contributed by atoms with E-state index in [2.05, 4.69) is 20.5 Å². The molecule has 0 fully saturated rings. The number of pyridine rings is 2. The van der Waals surface area contributed by atoms with Crippen LogP contribution < -0.4 is 5.43 Å². The summed E-state index contributed by atoms with van der Waals surface area (Å²) in [4.78, 5) is 8.19. The molecule has 1 N–H and O–H groups in total. The first-order valence-corrected chi connectivity index (χ1v) is 9.12. The van der Waals surface area contributed by atoms with Gasteiger partial charge in [0.1, 0.15) is 5.69 Å². The van der Waals surface area contributed by atoms with Crippen LogP contribution in [0.25, 0.3) is 16.9 Å². The summed E-state index contributed by atoms with van der Waals surface area (Å²) in [5.41, 5.74) is 6.34. The van der Waals surface area contributed by atoms with E-state index in [4.69, 9.17) is 28.3 Å². The van der Waals surface area contributed by atoms with Crippen LogP contribution in [-0.2, 0) is 0 Å². The third-order valence-corrected chi connectivity index (χ3v) is 4.39. The highest BCUT2D eigenvalue weighted by Gasteiger charge is 2.11. The molecular weight excluding hydrogens is 395 g/mol. The smallest absolute Gasteiger partial charge is 0.165 e. The van der Waals surface area contributed by atoms with Crippen LogP contribution >= 0.6 is 23.2 Å². The minimum atomic E-state index is 0.388. The average Bonchev–Trinajstić information content (AvgIpc) is 3.15. The van der Waals surface area contributed by atoms with Gasteiger partial charge < -0.3 is 0 Å². The van der Waals surface area contributed by atoms with Crippen molar-refractivity contribution in [3.63, 3.8) is 0 Å². The molecular formula is C20H14Cl2N6. The average molecular weight is 409 g/mol. The van der Waals surface area contributed by atoms with E-state index in [1.165, 1.54) is 6.20 Å². The molecule has 0 spiro atoms. The van der Waals surface area contributed by atoms with E-state index >= 15 is 0 Å². The summed E-state index contributed by atoms with van der Waals surface area (Å²) in [5.74, 6) is 0.420. The summed E-state index contributed by atoms with van der Waals surface area (Å²) in [7, 11) is 0. The molecule has 138 valence electrons. The summed E-state index contributed by atoms with van der Waals surface area (Å²) in [5, 5.41) is 9.83. The third-order valence-electron chi connectivity index (χ3n) is 3.90. The van der Waals surface area contributed by atoms with Gasteiger partial charge in [-0.15, -0.1) is 0 Å². The summed E-state index contributed by atoms with van der Waals surface area (Å²) in [6.45, 7) is 0. The van der Waals surface area contributed by atoms with Crippen LogP contribution in [0.1, 0.15) is 5.56 Å². The second kappa shape index (κ2) is 8.21. The van der Waals surface area contributed by atoms with E-state index < -0.39 is 0 Å². The second-order valence-electron chi connectivity index (χ2n) is 5.80. The fourth-order valence-electron chi connectivity index (χ4n) is 2.59. The van der Waals surface area contributed by atoms with Gasteiger partial charge in [0.2, 0.25) is 0 Å². The van der Waals surface area contributed by atoms with Gasteiger partial charge in [-0.05, 0) is 30.3 Å². The van der Waals surface area contributed by atoms with Crippen molar-refractivity contribution in [1.29, 1.82) is 0 Å². The molecule has 0 amide bonds. The summed E-state index contributed by atoms with van der Waals surface area (Å²) >= 11 is 12.0. The summed E-state index contributed by atoms with van der Waals surface area (Å²) in [6.07, 6.45) is 8.55. The van der Waals surface area contributed by atoms with Crippen LogP contribution in [0, 0.1) is 0 Å². The molecule has 0 atom stereocenters. The van der Waals surface area contributed by atoms with Crippen LogP contribution in [0.2, 0.25) is 10.0 Å². The normalized spacial score (nSPS) is 11.1. The Labute approximate surface area is 171 Å². The molecule has 3 aromatic heterocycles. The number of nitrogens with one attached hydrogen (secondary N) is 1. The van der Waals surface area contributed by atoms with Gasteiger partial charge in [-0.3, -0.25) is 10.4 Å². The van der Waals surface area contributed by atoms with Gasteiger partial charge in [0, 0.05) is 35.9 Å². The number of nitrogens with zero attached hydrogens (tertiary/aromatic N) is 5. The van der Waals surface area contributed by atoms with Crippen molar-refractivity contribution in [2.24, 2.45) is 5.10 Å². The highest BCUT2D eigenvalue weighted by Crippen LogP contribution is 2.24. The molecule has 4 aromatic rings. The number of para-hydroxylation sites is 1. The molecule has 0 bridgehead atoms. The summed E-state index contributed by atoms with van der Waals surface area (Å²) in [6, 6.07) is 15.3. The molecule has 28 heavy (non-hydrogen) atoms. The van der Waals surface area contributed by atoms with E-state index in [9.17, 15) is 0 Å². The highest BCUT2D eigenvalue weighted by molar-refractivity contribution is 6.35. The van der Waals surface area contributed by atoms with Gasteiger partial charge in [0.25, 0.3) is 0 Å². The first-order valence-electron chi connectivity index (χ1n) is 8.36.